The molecule has 0 radical (unpaired) electrons. The molecule has 4 N–H and O–H groups in total. The summed E-state index contributed by atoms with van der Waals surface area (Å²) in [5.41, 5.74) is 5.03. The molecule has 0 unspecified atom stereocenters. The van der Waals surface area contributed by atoms with E-state index >= 15 is 0 Å². The van der Waals surface area contributed by atoms with Crippen LogP contribution >= 0.6 is 15.9 Å². The van der Waals surface area contributed by atoms with Gasteiger partial charge in [0.05, 0.1) is 46.6 Å². The standard InChI is InChI=1S/C28H29BrFN5O4/c29-20-3-2-18(19-6-9-39-26(19)20)24(36)13-32-22-5-7-31-28(37)25(22)27-33-21-4-1-16(11-23(21)34-27)14-35-8-10-38-17(12-30)15-35/h1-5,7,11,17,24,36H,6,8-10,12-15H2,(H,33,34)(H2,31,32,37)/t17-,24+/m0/s1. The molecule has 1 fully saturated rings. The number of aliphatic hydroxyl groups excluding tert-OH is 1. The van der Waals surface area contributed by atoms with Crippen molar-refractivity contribution in [1.29, 1.82) is 0 Å². The van der Waals surface area contributed by atoms with Crippen molar-refractivity contribution in [3.63, 3.8) is 0 Å². The highest BCUT2D eigenvalue weighted by Gasteiger charge is 2.24. The SMILES string of the molecule is O=c1[nH]ccc(NC[C@@H](O)c2ccc(Br)c3c2CCO3)c1-c1nc2ccc(CN3CCO[C@@H](CF)C3)cc2[nH]1. The molecular formula is C28H29BrFN5O4. The quantitative estimate of drug-likeness (QED) is 0.243. The number of alkyl halides is 1. The van der Waals surface area contributed by atoms with Crippen LogP contribution in [0.2, 0.25) is 0 Å². The third-order valence-electron chi connectivity index (χ3n) is 7.24. The summed E-state index contributed by atoms with van der Waals surface area (Å²) >= 11 is 3.51. The number of rotatable bonds is 8. The van der Waals surface area contributed by atoms with Crippen LogP contribution < -0.4 is 15.6 Å². The number of anilines is 1. The Labute approximate surface area is 232 Å². The van der Waals surface area contributed by atoms with Crippen LogP contribution in [0.25, 0.3) is 22.4 Å². The molecule has 9 nitrogen and oxygen atoms in total. The molecule has 2 aromatic heterocycles. The largest absolute Gasteiger partial charge is 0.492 e. The molecule has 39 heavy (non-hydrogen) atoms. The number of aliphatic hydroxyl groups is 1. The number of imidazole rings is 1. The number of hydrogen-bond donors (Lipinski definition) is 4. The Hall–Kier alpha value is -3.25. The predicted molar refractivity (Wildman–Crippen MR) is 150 cm³/mol. The Kier molecular flexibility index (Phi) is 7.39. The lowest BCUT2D eigenvalue weighted by atomic mass is 10.00. The molecule has 0 spiro atoms. The average molecular weight is 598 g/mol. The van der Waals surface area contributed by atoms with E-state index in [4.69, 9.17) is 9.47 Å². The first-order valence-corrected chi connectivity index (χ1v) is 13.8. The number of pyridine rings is 1. The highest BCUT2D eigenvalue weighted by molar-refractivity contribution is 9.10. The molecule has 6 rings (SSSR count). The Morgan fingerprint density at radius 3 is 3.03 bits per heavy atom. The Bertz CT molecular complexity index is 1560. The molecule has 11 heteroatoms. The van der Waals surface area contributed by atoms with Gasteiger partial charge in [-0.05, 0) is 51.3 Å². The highest BCUT2D eigenvalue weighted by Crippen LogP contribution is 2.38. The minimum atomic E-state index is -0.795. The van der Waals surface area contributed by atoms with Crippen molar-refractivity contribution < 1.29 is 19.0 Å². The van der Waals surface area contributed by atoms with Crippen LogP contribution in [0.1, 0.15) is 22.8 Å². The van der Waals surface area contributed by atoms with Gasteiger partial charge in [-0.3, -0.25) is 9.69 Å². The third kappa shape index (κ3) is 5.31. The molecule has 204 valence electrons. The summed E-state index contributed by atoms with van der Waals surface area (Å²) in [7, 11) is 0. The van der Waals surface area contributed by atoms with Crippen molar-refractivity contribution in [2.24, 2.45) is 0 Å². The zero-order valence-electron chi connectivity index (χ0n) is 21.2. The van der Waals surface area contributed by atoms with Gasteiger partial charge in [0.25, 0.3) is 5.56 Å². The number of nitrogens with one attached hydrogen (secondary N) is 3. The number of aromatic nitrogens is 3. The van der Waals surface area contributed by atoms with Crippen molar-refractivity contribution in [1.82, 2.24) is 19.9 Å². The van der Waals surface area contributed by atoms with Crippen LogP contribution in [0.3, 0.4) is 0 Å². The summed E-state index contributed by atoms with van der Waals surface area (Å²) < 4.78 is 25.1. The van der Waals surface area contributed by atoms with Gasteiger partial charge in [-0.25, -0.2) is 9.37 Å². The normalized spacial score (nSPS) is 18.2. The number of benzene rings is 2. The molecular weight excluding hydrogens is 569 g/mol. The maximum absolute atomic E-state index is 13.1. The molecule has 0 amide bonds. The predicted octanol–water partition coefficient (Wildman–Crippen LogP) is 3.93. The number of aromatic amines is 2. The number of H-pyrrole nitrogens is 2. The van der Waals surface area contributed by atoms with E-state index in [9.17, 15) is 14.3 Å². The maximum atomic E-state index is 13.1. The van der Waals surface area contributed by atoms with Gasteiger partial charge in [0.15, 0.2) is 0 Å². The number of nitrogens with zero attached hydrogens (tertiary/aromatic N) is 2. The van der Waals surface area contributed by atoms with E-state index in [2.05, 4.69) is 41.1 Å². The van der Waals surface area contributed by atoms with Gasteiger partial charge in [-0.15, -0.1) is 0 Å². The van der Waals surface area contributed by atoms with E-state index in [1.54, 1.807) is 12.3 Å². The van der Waals surface area contributed by atoms with Gasteiger partial charge >= 0.3 is 0 Å². The maximum Gasteiger partial charge on any atom is 0.261 e. The van der Waals surface area contributed by atoms with Crippen LogP contribution in [0, 0.1) is 0 Å². The lowest BCUT2D eigenvalue weighted by Crippen LogP contribution is -2.42. The second-order valence-corrected chi connectivity index (χ2v) is 10.7. The number of halogens is 2. The monoisotopic (exact) mass is 597 g/mol. The van der Waals surface area contributed by atoms with Gasteiger partial charge in [0.2, 0.25) is 0 Å². The first-order valence-electron chi connectivity index (χ1n) is 13.0. The smallest absolute Gasteiger partial charge is 0.261 e. The van der Waals surface area contributed by atoms with Gasteiger partial charge in [-0.1, -0.05) is 12.1 Å². The van der Waals surface area contributed by atoms with Gasteiger partial charge < -0.3 is 29.9 Å². The minimum Gasteiger partial charge on any atom is -0.492 e. The molecule has 2 aliphatic rings. The van der Waals surface area contributed by atoms with Crippen LogP contribution in [-0.2, 0) is 17.7 Å². The van der Waals surface area contributed by atoms with Crippen molar-refractivity contribution in [3.05, 3.63) is 74.1 Å². The number of morpholine rings is 1. The second-order valence-electron chi connectivity index (χ2n) is 9.85. The van der Waals surface area contributed by atoms with Crippen molar-refractivity contribution in [3.8, 4) is 17.1 Å². The second kappa shape index (κ2) is 11.1. The summed E-state index contributed by atoms with van der Waals surface area (Å²) in [6.45, 7) is 2.79. The molecule has 0 aliphatic carbocycles. The van der Waals surface area contributed by atoms with E-state index < -0.39 is 12.8 Å². The van der Waals surface area contributed by atoms with E-state index in [0.29, 0.717) is 43.4 Å². The first-order chi connectivity index (χ1) is 19.0. The van der Waals surface area contributed by atoms with Gasteiger partial charge in [0.1, 0.15) is 23.8 Å². The fourth-order valence-corrected chi connectivity index (χ4v) is 5.81. The van der Waals surface area contributed by atoms with Crippen LogP contribution in [0.4, 0.5) is 10.1 Å². The summed E-state index contributed by atoms with van der Waals surface area (Å²) in [6, 6.07) is 11.5. The Balaban J connectivity index is 1.22. The van der Waals surface area contributed by atoms with Crippen molar-refractivity contribution in [2.45, 2.75) is 25.2 Å². The van der Waals surface area contributed by atoms with Crippen molar-refractivity contribution >= 4 is 32.7 Å². The summed E-state index contributed by atoms with van der Waals surface area (Å²) in [6.07, 6.45) is 1.13. The number of fused-ring (bicyclic) bond motifs is 2. The van der Waals surface area contributed by atoms with Gasteiger partial charge in [-0.2, -0.15) is 0 Å². The van der Waals surface area contributed by atoms with Crippen LogP contribution in [0.15, 0.2) is 51.9 Å². The van der Waals surface area contributed by atoms with Gasteiger partial charge in [0, 0.05) is 44.4 Å². The van der Waals surface area contributed by atoms with Crippen LogP contribution in [-0.4, -0.2) is 70.6 Å². The third-order valence-corrected chi connectivity index (χ3v) is 7.86. The Morgan fingerprint density at radius 2 is 2.15 bits per heavy atom. The molecule has 1 saturated heterocycles. The summed E-state index contributed by atoms with van der Waals surface area (Å²) in [4.78, 5) is 25.8. The lowest BCUT2D eigenvalue weighted by Gasteiger charge is -2.31. The molecule has 0 saturated carbocycles. The van der Waals surface area contributed by atoms with E-state index in [1.807, 2.05) is 30.3 Å². The molecule has 2 atom stereocenters. The number of hydrogen-bond acceptors (Lipinski definition) is 7. The number of ether oxygens (including phenoxy) is 2. The zero-order chi connectivity index (χ0) is 26.9. The topological polar surface area (TPSA) is 116 Å². The fraction of sp³-hybridized carbons (Fsp3) is 0.357. The minimum absolute atomic E-state index is 0.203. The van der Waals surface area contributed by atoms with E-state index in [-0.39, 0.29) is 18.2 Å². The molecule has 2 aliphatic heterocycles. The highest BCUT2D eigenvalue weighted by atomic mass is 79.9. The fourth-order valence-electron chi connectivity index (χ4n) is 5.32. The van der Waals surface area contributed by atoms with E-state index in [1.165, 1.54) is 0 Å². The summed E-state index contributed by atoms with van der Waals surface area (Å²) in [5, 5.41) is 14.2. The zero-order valence-corrected chi connectivity index (χ0v) is 22.8. The van der Waals surface area contributed by atoms with Crippen molar-refractivity contribution in [2.75, 3.05) is 44.8 Å². The average Bonchev–Trinajstić information content (AvgIpc) is 3.60. The lowest BCUT2D eigenvalue weighted by molar-refractivity contribution is -0.0412. The molecule has 4 aromatic rings. The van der Waals surface area contributed by atoms with Crippen LogP contribution in [0.5, 0.6) is 5.75 Å². The van der Waals surface area contributed by atoms with E-state index in [0.717, 1.165) is 50.9 Å². The summed E-state index contributed by atoms with van der Waals surface area (Å²) in [5.74, 6) is 1.21. The molecule has 0 bridgehead atoms. The first kappa shape index (κ1) is 26.0. The molecule has 4 heterocycles. The molecule has 2 aromatic carbocycles. The Morgan fingerprint density at radius 1 is 1.26 bits per heavy atom.